The maximum atomic E-state index is 3.82. The van der Waals surface area contributed by atoms with Gasteiger partial charge >= 0.3 is 0 Å². The van der Waals surface area contributed by atoms with Gasteiger partial charge in [0.2, 0.25) is 0 Å². The molecular weight excluding hydrogens is 249 g/mol. The SMILES string of the molecule is C=CC[P](CC=C)(CC=C)CC=C.c1ccncc1. The molecule has 0 aliphatic carbocycles. The number of hydrogen-bond donors (Lipinski definition) is 0. The molecule has 0 N–H and O–H groups in total. The highest BCUT2D eigenvalue weighted by Crippen LogP contribution is 2.58. The molecule has 0 unspecified atom stereocenters. The van der Waals surface area contributed by atoms with Gasteiger partial charge in [0.25, 0.3) is 0 Å². The molecule has 1 aromatic rings. The van der Waals surface area contributed by atoms with Gasteiger partial charge in [-0.3, -0.25) is 4.98 Å². The van der Waals surface area contributed by atoms with Crippen molar-refractivity contribution in [1.82, 2.24) is 4.98 Å². The van der Waals surface area contributed by atoms with Crippen LogP contribution in [0.2, 0.25) is 0 Å². The molecule has 0 saturated carbocycles. The lowest BCUT2D eigenvalue weighted by atomic mass is 10.5. The Morgan fingerprint density at radius 3 is 1.21 bits per heavy atom. The van der Waals surface area contributed by atoms with Crippen LogP contribution in [0.5, 0.6) is 0 Å². The van der Waals surface area contributed by atoms with Crippen LogP contribution in [0.3, 0.4) is 0 Å². The van der Waals surface area contributed by atoms with E-state index in [2.05, 4.69) is 31.3 Å². The number of pyridine rings is 1. The molecule has 0 aliphatic rings. The van der Waals surface area contributed by atoms with Gasteiger partial charge in [0.1, 0.15) is 0 Å². The molecule has 0 fully saturated rings. The Morgan fingerprint density at radius 1 is 0.684 bits per heavy atom. The fourth-order valence-electron chi connectivity index (χ4n) is 1.86. The van der Waals surface area contributed by atoms with Gasteiger partial charge in [0, 0.05) is 12.4 Å². The Kier molecular flexibility index (Phi) is 10.7. The summed E-state index contributed by atoms with van der Waals surface area (Å²) in [5.74, 6) is 0. The average Bonchev–Trinajstić information content (AvgIpc) is 2.43. The fraction of sp³-hybridized carbons (Fsp3) is 0.235. The van der Waals surface area contributed by atoms with Crippen molar-refractivity contribution in [2.24, 2.45) is 0 Å². The number of nitrogens with zero attached hydrogens (tertiary/aromatic N) is 1. The first kappa shape index (κ1) is 17.5. The van der Waals surface area contributed by atoms with Crippen molar-refractivity contribution in [3.8, 4) is 0 Å². The van der Waals surface area contributed by atoms with E-state index < -0.39 is 7.26 Å². The van der Waals surface area contributed by atoms with E-state index >= 15 is 0 Å². The van der Waals surface area contributed by atoms with E-state index in [1.807, 2.05) is 42.5 Å². The van der Waals surface area contributed by atoms with Gasteiger partial charge in [-0.25, -0.2) is 0 Å². The first-order chi connectivity index (χ1) is 9.24. The summed E-state index contributed by atoms with van der Waals surface area (Å²) in [6.45, 7) is 15.3. The molecule has 0 amide bonds. The topological polar surface area (TPSA) is 12.9 Å². The largest absolute Gasteiger partial charge is 0.265 e. The minimum Gasteiger partial charge on any atom is -0.265 e. The third-order valence-corrected chi connectivity index (χ3v) is 6.76. The van der Waals surface area contributed by atoms with Crippen molar-refractivity contribution >= 4 is 7.26 Å². The summed E-state index contributed by atoms with van der Waals surface area (Å²) in [6, 6.07) is 5.72. The molecule has 0 spiro atoms. The molecule has 0 atom stereocenters. The lowest BCUT2D eigenvalue weighted by Gasteiger charge is -2.32. The van der Waals surface area contributed by atoms with Crippen molar-refractivity contribution in [2.75, 3.05) is 24.6 Å². The molecule has 1 heterocycles. The maximum absolute atomic E-state index is 3.82. The summed E-state index contributed by atoms with van der Waals surface area (Å²) in [4.78, 5) is 3.78. The summed E-state index contributed by atoms with van der Waals surface area (Å²) in [5.41, 5.74) is 0. The van der Waals surface area contributed by atoms with Gasteiger partial charge in [-0.1, -0.05) is 30.4 Å². The van der Waals surface area contributed by atoms with Crippen LogP contribution in [-0.2, 0) is 0 Å². The van der Waals surface area contributed by atoms with Crippen molar-refractivity contribution in [1.29, 1.82) is 0 Å². The molecule has 103 valence electrons. The number of hydrogen-bond acceptors (Lipinski definition) is 1. The van der Waals surface area contributed by atoms with Crippen molar-refractivity contribution < 1.29 is 0 Å². The van der Waals surface area contributed by atoms with E-state index in [0.717, 1.165) is 24.6 Å². The smallest absolute Gasteiger partial charge is 0.0267 e. The first-order valence-corrected chi connectivity index (χ1v) is 8.91. The molecule has 0 aromatic carbocycles. The predicted molar refractivity (Wildman–Crippen MR) is 91.4 cm³/mol. The Bertz CT molecular complexity index is 298. The van der Waals surface area contributed by atoms with Crippen LogP contribution >= 0.6 is 7.26 Å². The van der Waals surface area contributed by atoms with Gasteiger partial charge in [-0.05, 0) is 36.8 Å². The quantitative estimate of drug-likeness (QED) is 0.489. The van der Waals surface area contributed by atoms with E-state index in [1.54, 1.807) is 12.4 Å². The van der Waals surface area contributed by atoms with Crippen LogP contribution in [0.1, 0.15) is 0 Å². The highest BCUT2D eigenvalue weighted by molar-refractivity contribution is 7.76. The highest BCUT2D eigenvalue weighted by Gasteiger charge is 2.20. The first-order valence-electron chi connectivity index (χ1n) is 6.38. The minimum atomic E-state index is -0.968. The summed E-state index contributed by atoms with van der Waals surface area (Å²) < 4.78 is 0. The van der Waals surface area contributed by atoms with Crippen LogP contribution in [0.4, 0.5) is 0 Å². The molecule has 2 heteroatoms. The monoisotopic (exact) mass is 274 g/mol. The Morgan fingerprint density at radius 2 is 1.05 bits per heavy atom. The number of rotatable bonds is 8. The lowest BCUT2D eigenvalue weighted by Crippen LogP contribution is -2.07. The van der Waals surface area contributed by atoms with Gasteiger partial charge in [-0.15, -0.1) is 33.6 Å². The Balaban J connectivity index is 0.000000443. The predicted octanol–water partition coefficient (Wildman–Crippen LogP) is 4.83. The van der Waals surface area contributed by atoms with Crippen LogP contribution in [0.15, 0.2) is 81.2 Å². The second-order valence-corrected chi connectivity index (χ2v) is 8.40. The lowest BCUT2D eigenvalue weighted by molar-refractivity contribution is 1.33. The molecule has 1 rings (SSSR count). The maximum Gasteiger partial charge on any atom is 0.0267 e. The molecule has 0 bridgehead atoms. The zero-order valence-corrected chi connectivity index (χ0v) is 12.6. The van der Waals surface area contributed by atoms with Gasteiger partial charge in [0.15, 0.2) is 0 Å². The average molecular weight is 274 g/mol. The molecule has 0 aliphatic heterocycles. The van der Waals surface area contributed by atoms with Crippen molar-refractivity contribution in [3.63, 3.8) is 0 Å². The molecule has 1 aromatic heterocycles. The normalized spacial score (nSPS) is 9.68. The molecule has 0 saturated heterocycles. The van der Waals surface area contributed by atoms with Gasteiger partial charge < -0.3 is 0 Å². The van der Waals surface area contributed by atoms with E-state index in [4.69, 9.17) is 0 Å². The van der Waals surface area contributed by atoms with E-state index in [0.29, 0.717) is 0 Å². The van der Waals surface area contributed by atoms with Gasteiger partial charge in [0.05, 0.1) is 0 Å². The molecule has 1 radical (unpaired) electrons. The zero-order valence-electron chi connectivity index (χ0n) is 11.7. The molecular formula is C17H25NP. The third-order valence-electron chi connectivity index (χ3n) is 2.63. The molecule has 1 nitrogen and oxygen atoms in total. The van der Waals surface area contributed by atoms with Crippen molar-refractivity contribution in [2.45, 2.75) is 0 Å². The van der Waals surface area contributed by atoms with Crippen LogP contribution in [-0.4, -0.2) is 29.6 Å². The van der Waals surface area contributed by atoms with E-state index in [-0.39, 0.29) is 0 Å². The van der Waals surface area contributed by atoms with Crippen LogP contribution < -0.4 is 0 Å². The fourth-order valence-corrected chi connectivity index (χ4v) is 4.94. The summed E-state index contributed by atoms with van der Waals surface area (Å²) in [6.07, 6.45) is 16.0. The third kappa shape index (κ3) is 8.29. The second kappa shape index (κ2) is 11.6. The Hall–Kier alpha value is -1.46. The van der Waals surface area contributed by atoms with Crippen LogP contribution in [0, 0.1) is 0 Å². The minimum absolute atomic E-state index is 0.968. The summed E-state index contributed by atoms with van der Waals surface area (Å²) in [7, 11) is -0.968. The highest BCUT2D eigenvalue weighted by atomic mass is 31.2. The van der Waals surface area contributed by atoms with E-state index in [9.17, 15) is 0 Å². The van der Waals surface area contributed by atoms with Crippen molar-refractivity contribution in [3.05, 3.63) is 81.2 Å². The summed E-state index contributed by atoms with van der Waals surface area (Å²) >= 11 is 0. The Labute approximate surface area is 118 Å². The standard InChI is InChI=1S/C12H20P.C5H5N/c1-5-9-13(10-6-2,11-7-3)12-8-4;1-2-4-6-5-3-1/h5-8H,1-4,9-12H2;1-5H. The van der Waals surface area contributed by atoms with E-state index in [1.165, 1.54) is 0 Å². The molecule has 19 heavy (non-hydrogen) atoms. The number of aromatic nitrogens is 1. The number of allylic oxidation sites excluding steroid dienone is 4. The van der Waals surface area contributed by atoms with Crippen LogP contribution in [0.25, 0.3) is 0 Å². The zero-order chi connectivity index (χ0) is 14.4. The van der Waals surface area contributed by atoms with Gasteiger partial charge in [-0.2, -0.15) is 0 Å². The summed E-state index contributed by atoms with van der Waals surface area (Å²) in [5, 5.41) is 0. The second-order valence-electron chi connectivity index (χ2n) is 4.25.